The average molecular weight is 741 g/mol. The lowest BCUT2D eigenvalue weighted by molar-refractivity contribution is -0.146. The highest BCUT2D eigenvalue weighted by molar-refractivity contribution is 6.22. The molecule has 2 saturated heterocycles. The number of allylic oxidation sites excluding steroid dienone is 1. The number of rotatable bonds is 11. The van der Waals surface area contributed by atoms with Crippen molar-refractivity contribution in [2.45, 2.75) is 44.2 Å². The number of ketones is 2. The molecule has 282 valence electrons. The summed E-state index contributed by atoms with van der Waals surface area (Å²) in [5.41, 5.74) is 2.24. The molecule has 0 spiro atoms. The fourth-order valence-electron chi connectivity index (χ4n) is 6.89. The molecule has 1 saturated carbocycles. The molecule has 0 aromatic heterocycles. The molecule has 16 heteroatoms. The smallest absolute Gasteiger partial charge is 0.414 e. The Balaban J connectivity index is 0.863. The first-order valence-electron chi connectivity index (χ1n) is 17.7. The summed E-state index contributed by atoms with van der Waals surface area (Å²) in [6, 6.07) is 13.4. The maximum absolute atomic E-state index is 13.0. The number of nitrogens with zero attached hydrogens (tertiary/aromatic N) is 3. The second kappa shape index (κ2) is 17.1. The Morgan fingerprint density at radius 2 is 1.61 bits per heavy atom. The van der Waals surface area contributed by atoms with Crippen LogP contribution in [0.15, 0.2) is 72.5 Å². The Labute approximate surface area is 310 Å². The first kappa shape index (κ1) is 37.6. The minimum atomic E-state index is -0.958. The largest absolute Gasteiger partial charge is 0.425 e. The lowest BCUT2D eigenvalue weighted by atomic mass is 9.80. The van der Waals surface area contributed by atoms with Crippen LogP contribution in [0.5, 0.6) is 0 Å². The van der Waals surface area contributed by atoms with Crippen molar-refractivity contribution < 1.29 is 47.8 Å². The lowest BCUT2D eigenvalue weighted by Gasteiger charge is -2.34. The summed E-state index contributed by atoms with van der Waals surface area (Å²) in [6.45, 7) is 2.51. The lowest BCUT2D eigenvalue weighted by Crippen LogP contribution is -2.52. The summed E-state index contributed by atoms with van der Waals surface area (Å²) in [5, 5.41) is 7.84. The summed E-state index contributed by atoms with van der Waals surface area (Å²) < 4.78 is 9.84. The molecule has 3 heterocycles. The minimum absolute atomic E-state index is 0.0399. The van der Waals surface area contributed by atoms with E-state index in [2.05, 4.69) is 20.9 Å². The Bertz CT molecular complexity index is 1880. The Kier molecular flexibility index (Phi) is 11.9. The molecule has 2 aromatic carbocycles. The number of piperazine rings is 1. The van der Waals surface area contributed by atoms with Gasteiger partial charge >= 0.3 is 12.1 Å². The minimum Gasteiger partial charge on any atom is -0.425 e. The summed E-state index contributed by atoms with van der Waals surface area (Å²) in [7, 11) is 0. The van der Waals surface area contributed by atoms with E-state index in [9.17, 15) is 38.4 Å². The predicted molar refractivity (Wildman–Crippen MR) is 190 cm³/mol. The molecule has 3 aliphatic heterocycles. The number of carbonyl (C=O) groups is 8. The van der Waals surface area contributed by atoms with Crippen LogP contribution in [0.1, 0.15) is 53.1 Å². The number of ether oxygens (including phenoxy) is 2. The van der Waals surface area contributed by atoms with Crippen LogP contribution < -0.4 is 16.0 Å². The van der Waals surface area contributed by atoms with Crippen LogP contribution in [-0.4, -0.2) is 114 Å². The van der Waals surface area contributed by atoms with Gasteiger partial charge in [-0.2, -0.15) is 0 Å². The molecular weight excluding hydrogens is 700 g/mol. The molecule has 6 rings (SSSR count). The number of imide groups is 1. The number of piperidine rings is 1. The maximum atomic E-state index is 13.0. The monoisotopic (exact) mass is 740 g/mol. The van der Waals surface area contributed by atoms with E-state index in [0.29, 0.717) is 63.2 Å². The van der Waals surface area contributed by atoms with Gasteiger partial charge in [-0.05, 0) is 30.0 Å². The highest BCUT2D eigenvalue weighted by Gasteiger charge is 2.40. The van der Waals surface area contributed by atoms with Crippen molar-refractivity contribution in [3.8, 4) is 0 Å². The Morgan fingerprint density at radius 3 is 2.33 bits per heavy atom. The van der Waals surface area contributed by atoms with Crippen molar-refractivity contribution >= 4 is 52.9 Å². The van der Waals surface area contributed by atoms with Crippen LogP contribution in [0.25, 0.3) is 0 Å². The van der Waals surface area contributed by atoms with E-state index < -0.39 is 42.6 Å². The van der Waals surface area contributed by atoms with Gasteiger partial charge in [0.1, 0.15) is 6.04 Å². The second-order valence-electron chi connectivity index (χ2n) is 13.2. The number of hydrogen-bond acceptors (Lipinski definition) is 12. The number of hydrogen-bond donors (Lipinski definition) is 3. The number of benzene rings is 2. The van der Waals surface area contributed by atoms with Crippen molar-refractivity contribution in [1.82, 2.24) is 25.3 Å². The molecule has 1 atom stereocenters. The van der Waals surface area contributed by atoms with Crippen molar-refractivity contribution in [2.24, 2.45) is 0 Å². The third-order valence-electron chi connectivity index (χ3n) is 9.81. The van der Waals surface area contributed by atoms with E-state index in [1.807, 2.05) is 30.3 Å². The van der Waals surface area contributed by atoms with Crippen molar-refractivity contribution in [2.75, 3.05) is 51.4 Å². The van der Waals surface area contributed by atoms with Gasteiger partial charge in [-0.15, -0.1) is 0 Å². The summed E-state index contributed by atoms with van der Waals surface area (Å²) in [4.78, 5) is 105. The first-order chi connectivity index (χ1) is 26.1. The van der Waals surface area contributed by atoms with E-state index >= 15 is 0 Å². The second-order valence-corrected chi connectivity index (χ2v) is 13.2. The first-order valence-corrected chi connectivity index (χ1v) is 17.7. The van der Waals surface area contributed by atoms with Crippen LogP contribution in [0.2, 0.25) is 0 Å². The molecule has 0 radical (unpaired) electrons. The van der Waals surface area contributed by atoms with E-state index in [0.717, 1.165) is 17.7 Å². The Hall–Kier alpha value is -6.16. The number of Topliss-reactive ketones (excluding diaryl/α,β-unsaturated/α-hetero) is 2. The van der Waals surface area contributed by atoms with Gasteiger partial charge in [0.2, 0.25) is 24.5 Å². The molecule has 3 fully saturated rings. The third kappa shape index (κ3) is 9.06. The number of amides is 5. The maximum Gasteiger partial charge on any atom is 0.414 e. The molecule has 3 N–H and O–H groups in total. The zero-order valence-electron chi connectivity index (χ0n) is 29.4. The van der Waals surface area contributed by atoms with Crippen molar-refractivity contribution in [1.29, 1.82) is 0 Å². The highest BCUT2D eigenvalue weighted by atomic mass is 16.7. The van der Waals surface area contributed by atoms with Crippen LogP contribution in [-0.2, 0) is 44.8 Å². The van der Waals surface area contributed by atoms with Crippen LogP contribution in [0, 0.1) is 0 Å². The molecule has 16 nitrogen and oxygen atoms in total. The van der Waals surface area contributed by atoms with Gasteiger partial charge in [0, 0.05) is 100 Å². The number of fused-ring (bicyclic) bond motifs is 1. The zero-order chi connectivity index (χ0) is 38.2. The van der Waals surface area contributed by atoms with E-state index in [1.165, 1.54) is 11.1 Å². The average Bonchev–Trinajstić information content (AvgIpc) is 3.50. The van der Waals surface area contributed by atoms with E-state index in [1.54, 1.807) is 23.1 Å². The van der Waals surface area contributed by atoms with Gasteiger partial charge in [-0.25, -0.2) is 9.59 Å². The topological polar surface area (TPSA) is 201 Å². The van der Waals surface area contributed by atoms with Crippen LogP contribution in [0.3, 0.4) is 0 Å². The molecular formula is C38H40N6O10. The molecule has 2 aromatic rings. The molecule has 54 heavy (non-hydrogen) atoms. The number of carbonyl (C=O) groups excluding carboxylic acids is 8. The van der Waals surface area contributed by atoms with Crippen molar-refractivity contribution in [3.63, 3.8) is 0 Å². The zero-order valence-corrected chi connectivity index (χ0v) is 29.4. The summed E-state index contributed by atoms with van der Waals surface area (Å²) >= 11 is 0. The molecule has 4 aliphatic rings. The van der Waals surface area contributed by atoms with Crippen LogP contribution >= 0.6 is 0 Å². The van der Waals surface area contributed by atoms with E-state index in [-0.39, 0.29) is 54.0 Å². The normalized spacial score (nSPS) is 20.4. The van der Waals surface area contributed by atoms with Gasteiger partial charge < -0.3 is 24.6 Å². The third-order valence-corrected chi connectivity index (χ3v) is 9.81. The Morgan fingerprint density at radius 1 is 0.870 bits per heavy atom. The molecule has 1 aliphatic carbocycles. The standard InChI is InChI=1S/C38H40N6O10/c45-31-19-25(24-5-2-1-3-6-24)20-32(46)27(31)21-39-13-14-42-15-17-43(18-16-42)34(48)11-12-35(49)53-23-54-38(52)40-29-8-4-7-26-28(29)22-44(37(26)51)30-9-10-33(47)41-36(30)50/h1-8,11-12,21,25,30,39H,9-10,13-20,22-23H2,(H,40,52)(H,41,47,50)/b12-11+,27-21?. The predicted octanol–water partition coefficient (Wildman–Crippen LogP) is 1.39. The molecule has 5 amide bonds. The summed E-state index contributed by atoms with van der Waals surface area (Å²) in [6.07, 6.45) is 3.50. The summed E-state index contributed by atoms with van der Waals surface area (Å²) in [5.74, 6) is -3.05. The number of esters is 1. The molecule has 0 bridgehead atoms. The van der Waals surface area contributed by atoms with Gasteiger partial charge in [-0.3, -0.25) is 44.3 Å². The van der Waals surface area contributed by atoms with Gasteiger partial charge in [0.25, 0.3) is 5.91 Å². The van der Waals surface area contributed by atoms with Crippen molar-refractivity contribution in [3.05, 3.63) is 89.1 Å². The fraction of sp³-hybridized carbons (Fsp3) is 0.368. The van der Waals surface area contributed by atoms with E-state index in [4.69, 9.17) is 9.47 Å². The number of nitrogens with one attached hydrogen (secondary N) is 3. The quantitative estimate of drug-likeness (QED) is 0.0748. The SMILES string of the molecule is O=C1CCC(N2Cc3c(NC(=O)OCOC(=O)/C=C/C(=O)N4CCN(CCNC=C5C(=O)CC(c6ccccc6)CC5=O)CC4)cccc3C2=O)C(=O)N1. The van der Waals surface area contributed by atoms with Gasteiger partial charge in [0.05, 0.1) is 5.57 Å². The van der Waals surface area contributed by atoms with Gasteiger partial charge in [0.15, 0.2) is 11.6 Å². The number of anilines is 1. The molecule has 1 unspecified atom stereocenters. The fourth-order valence-corrected chi connectivity index (χ4v) is 6.89. The van der Waals surface area contributed by atoms with Gasteiger partial charge in [-0.1, -0.05) is 36.4 Å². The highest BCUT2D eigenvalue weighted by Crippen LogP contribution is 2.33. The van der Waals surface area contributed by atoms with Crippen LogP contribution in [0.4, 0.5) is 10.5 Å².